The Bertz CT molecular complexity index is 129. The van der Waals surface area contributed by atoms with Crippen molar-refractivity contribution in [3.63, 3.8) is 0 Å². The summed E-state index contributed by atoms with van der Waals surface area (Å²) in [4.78, 5) is 0. The number of hydrogen-bond acceptors (Lipinski definition) is 1. The molecule has 4 heteroatoms. The third-order valence-corrected chi connectivity index (χ3v) is 1.59. The van der Waals surface area contributed by atoms with Gasteiger partial charge in [-0.05, 0) is 6.08 Å². The van der Waals surface area contributed by atoms with Crippen molar-refractivity contribution in [2.24, 2.45) is 0 Å². The van der Waals surface area contributed by atoms with E-state index in [-0.39, 0.29) is 0 Å². The van der Waals surface area contributed by atoms with E-state index in [1.54, 1.807) is 6.08 Å². The molecule has 0 saturated heterocycles. The fourth-order valence-electron chi connectivity index (χ4n) is 0.495. The van der Waals surface area contributed by atoms with Crippen LogP contribution < -0.4 is 5.32 Å². The first-order valence-corrected chi connectivity index (χ1v) is 3.25. The fraction of sp³-hybridized carbons (Fsp3) is 0.500. The third-order valence-electron chi connectivity index (χ3n) is 0.840. The van der Waals surface area contributed by atoms with Crippen LogP contribution in [0.1, 0.15) is 6.42 Å². The molecule has 1 heterocycles. The molecular formula is C4H4Cl3N. The van der Waals surface area contributed by atoms with E-state index >= 15 is 0 Å². The van der Waals surface area contributed by atoms with Crippen LogP contribution in [0.25, 0.3) is 0 Å². The molecule has 0 aromatic carbocycles. The molecule has 1 N–H and O–H groups in total. The molecule has 0 spiro atoms. The number of rotatable bonds is 0. The van der Waals surface area contributed by atoms with Crippen molar-refractivity contribution in [2.45, 2.75) is 10.9 Å². The van der Waals surface area contributed by atoms with Crippen molar-refractivity contribution in [1.29, 1.82) is 0 Å². The Balaban J connectivity index is 2.55. The predicted molar refractivity (Wildman–Crippen MR) is 36.1 cm³/mol. The second-order valence-electron chi connectivity index (χ2n) is 1.59. The summed E-state index contributed by atoms with van der Waals surface area (Å²) in [6.45, 7) is 0. The van der Waals surface area contributed by atoms with Crippen molar-refractivity contribution >= 4 is 34.8 Å². The zero-order chi connectivity index (χ0) is 6.20. The molecule has 0 saturated carbocycles. The standard InChI is InChI=1S/C4H4Cl3N/c5-3-1-2-4(6,7)8-3/h1,8H,2H2. The van der Waals surface area contributed by atoms with Gasteiger partial charge >= 0.3 is 0 Å². The molecule has 0 fully saturated rings. The van der Waals surface area contributed by atoms with Gasteiger partial charge in [0.05, 0.1) is 0 Å². The molecule has 0 atom stereocenters. The van der Waals surface area contributed by atoms with Crippen molar-refractivity contribution in [2.75, 3.05) is 0 Å². The molecular weight excluding hydrogens is 168 g/mol. The molecule has 0 radical (unpaired) electrons. The van der Waals surface area contributed by atoms with E-state index in [0.717, 1.165) is 0 Å². The number of nitrogens with one attached hydrogen (secondary N) is 1. The Morgan fingerprint density at radius 3 is 2.38 bits per heavy atom. The van der Waals surface area contributed by atoms with E-state index in [1.807, 2.05) is 0 Å². The van der Waals surface area contributed by atoms with E-state index in [9.17, 15) is 0 Å². The highest BCUT2D eigenvalue weighted by Gasteiger charge is 2.27. The largest absolute Gasteiger partial charge is 0.345 e. The molecule has 1 nitrogen and oxygen atoms in total. The Labute approximate surface area is 62.6 Å². The summed E-state index contributed by atoms with van der Waals surface area (Å²) in [5.41, 5.74) is 0. The van der Waals surface area contributed by atoms with Gasteiger partial charge in [-0.15, -0.1) is 0 Å². The molecule has 46 valence electrons. The maximum Gasteiger partial charge on any atom is 0.192 e. The highest BCUT2D eigenvalue weighted by Crippen LogP contribution is 2.30. The highest BCUT2D eigenvalue weighted by molar-refractivity contribution is 6.49. The second-order valence-corrected chi connectivity index (χ2v) is 3.48. The topological polar surface area (TPSA) is 12.0 Å². The van der Waals surface area contributed by atoms with Gasteiger partial charge in [0, 0.05) is 6.42 Å². The van der Waals surface area contributed by atoms with Crippen molar-refractivity contribution < 1.29 is 0 Å². The summed E-state index contributed by atoms with van der Waals surface area (Å²) in [5, 5.41) is 3.17. The summed E-state index contributed by atoms with van der Waals surface area (Å²) in [6, 6.07) is 0. The van der Waals surface area contributed by atoms with Gasteiger partial charge in [0.1, 0.15) is 5.16 Å². The summed E-state index contributed by atoms with van der Waals surface area (Å²) in [6.07, 6.45) is 2.30. The number of halogens is 3. The van der Waals surface area contributed by atoms with E-state index in [4.69, 9.17) is 34.8 Å². The average molecular weight is 172 g/mol. The van der Waals surface area contributed by atoms with Gasteiger partial charge < -0.3 is 5.32 Å². The van der Waals surface area contributed by atoms with E-state index in [2.05, 4.69) is 5.32 Å². The number of hydrogen-bond donors (Lipinski definition) is 1. The predicted octanol–water partition coefficient (Wildman–Crippen LogP) is 2.19. The van der Waals surface area contributed by atoms with Crippen molar-refractivity contribution in [3.8, 4) is 0 Å². The molecule has 0 aliphatic carbocycles. The van der Waals surface area contributed by atoms with E-state index < -0.39 is 4.46 Å². The van der Waals surface area contributed by atoms with Crippen LogP contribution in [-0.2, 0) is 0 Å². The normalized spacial score (nSPS) is 24.6. The van der Waals surface area contributed by atoms with Gasteiger partial charge in [0.25, 0.3) is 0 Å². The van der Waals surface area contributed by atoms with Crippen LogP contribution in [0, 0.1) is 0 Å². The summed E-state index contributed by atoms with van der Waals surface area (Å²) in [5.74, 6) is 0. The highest BCUT2D eigenvalue weighted by atomic mass is 35.5. The minimum Gasteiger partial charge on any atom is -0.345 e. The maximum absolute atomic E-state index is 5.58. The van der Waals surface area contributed by atoms with Gasteiger partial charge in [0.2, 0.25) is 0 Å². The lowest BCUT2D eigenvalue weighted by atomic mass is 10.5. The second kappa shape index (κ2) is 1.98. The van der Waals surface area contributed by atoms with Gasteiger partial charge in [-0.25, -0.2) is 0 Å². The zero-order valence-corrected chi connectivity index (χ0v) is 6.19. The number of alkyl halides is 2. The van der Waals surface area contributed by atoms with Crippen LogP contribution in [-0.4, -0.2) is 4.46 Å². The quantitative estimate of drug-likeness (QED) is 0.436. The van der Waals surface area contributed by atoms with Crippen LogP contribution in [0.3, 0.4) is 0 Å². The van der Waals surface area contributed by atoms with Crippen LogP contribution >= 0.6 is 34.8 Å². The van der Waals surface area contributed by atoms with Crippen LogP contribution in [0.5, 0.6) is 0 Å². The SMILES string of the molecule is ClC1=CCC(Cl)(Cl)N1. The molecule has 0 unspecified atom stereocenters. The average Bonchev–Trinajstić information content (AvgIpc) is 1.82. The summed E-state index contributed by atoms with van der Waals surface area (Å²) < 4.78 is -0.864. The van der Waals surface area contributed by atoms with Crippen molar-refractivity contribution in [1.82, 2.24) is 5.32 Å². The summed E-state index contributed by atoms with van der Waals surface area (Å²) in [7, 11) is 0. The molecule has 0 aromatic rings. The molecule has 0 bridgehead atoms. The summed E-state index contributed by atoms with van der Waals surface area (Å²) >= 11 is 16.6. The van der Waals surface area contributed by atoms with Crippen LogP contribution in [0.4, 0.5) is 0 Å². The van der Waals surface area contributed by atoms with Crippen molar-refractivity contribution in [3.05, 3.63) is 11.2 Å². The minimum absolute atomic E-state index is 0.523. The Morgan fingerprint density at radius 2 is 2.25 bits per heavy atom. The first-order valence-electron chi connectivity index (χ1n) is 2.12. The Kier molecular flexibility index (Phi) is 1.61. The van der Waals surface area contributed by atoms with Crippen LogP contribution in [0.2, 0.25) is 0 Å². The van der Waals surface area contributed by atoms with E-state index in [1.165, 1.54) is 0 Å². The van der Waals surface area contributed by atoms with Gasteiger partial charge in [-0.3, -0.25) is 0 Å². The lowest BCUT2D eigenvalue weighted by Gasteiger charge is -2.11. The molecule has 1 aliphatic rings. The first kappa shape index (κ1) is 6.53. The lowest BCUT2D eigenvalue weighted by molar-refractivity contribution is 0.752. The van der Waals surface area contributed by atoms with Gasteiger partial charge in [0.15, 0.2) is 4.46 Å². The van der Waals surface area contributed by atoms with Gasteiger partial charge in [-0.2, -0.15) is 0 Å². The zero-order valence-electron chi connectivity index (χ0n) is 3.92. The smallest absolute Gasteiger partial charge is 0.192 e. The fourth-order valence-corrected chi connectivity index (χ4v) is 1.19. The Morgan fingerprint density at radius 1 is 1.62 bits per heavy atom. The first-order chi connectivity index (χ1) is 3.60. The maximum atomic E-state index is 5.58. The molecule has 0 amide bonds. The third kappa shape index (κ3) is 1.44. The molecule has 0 aromatic heterocycles. The molecule has 8 heavy (non-hydrogen) atoms. The lowest BCUT2D eigenvalue weighted by Crippen LogP contribution is -2.25. The minimum atomic E-state index is -0.864. The van der Waals surface area contributed by atoms with E-state index in [0.29, 0.717) is 11.6 Å². The molecule has 1 rings (SSSR count). The Hall–Kier alpha value is 0.410. The van der Waals surface area contributed by atoms with Gasteiger partial charge in [-0.1, -0.05) is 34.8 Å². The monoisotopic (exact) mass is 171 g/mol. The van der Waals surface area contributed by atoms with Crippen LogP contribution in [0.15, 0.2) is 11.2 Å². The molecule has 1 aliphatic heterocycles.